The topological polar surface area (TPSA) is 88.9 Å². The molecule has 1 aliphatic rings. The molecule has 0 spiro atoms. The van der Waals surface area contributed by atoms with Crippen LogP contribution in [0.5, 0.6) is 11.5 Å². The Bertz CT molecular complexity index is 1410. The fraction of sp³-hybridized carbons (Fsp3) is 0.269. The van der Waals surface area contributed by atoms with Crippen molar-refractivity contribution >= 4 is 28.0 Å². The number of hydrogen-bond donors (Lipinski definition) is 2. The minimum Gasteiger partial charge on any atom is -0.456 e. The molecule has 1 fully saturated rings. The number of fused-ring (bicyclic) bond motifs is 2. The molecule has 2 N–H and O–H groups in total. The summed E-state index contributed by atoms with van der Waals surface area (Å²) in [4.78, 5) is 9.04. The van der Waals surface area contributed by atoms with E-state index in [0.717, 1.165) is 44.9 Å². The van der Waals surface area contributed by atoms with Crippen LogP contribution in [0.4, 0.5) is 5.82 Å². The van der Waals surface area contributed by atoms with E-state index in [1.54, 1.807) is 6.20 Å². The first-order valence-electron chi connectivity index (χ1n) is 11.5. The zero-order chi connectivity index (χ0) is 22.2. The van der Waals surface area contributed by atoms with Crippen LogP contribution in [0.3, 0.4) is 0 Å². The van der Waals surface area contributed by atoms with Gasteiger partial charge in [0.2, 0.25) is 5.89 Å². The summed E-state index contributed by atoms with van der Waals surface area (Å²) in [5.41, 5.74) is 4.38. The van der Waals surface area contributed by atoms with Gasteiger partial charge in [-0.05, 0) is 55.7 Å². The Labute approximate surface area is 191 Å². The Balaban J connectivity index is 1.27. The average molecular weight is 440 g/mol. The Morgan fingerprint density at radius 2 is 1.88 bits per heavy atom. The minimum absolute atomic E-state index is 0.442. The van der Waals surface area contributed by atoms with E-state index in [0.29, 0.717) is 17.6 Å². The number of aromatic amines is 1. The van der Waals surface area contributed by atoms with E-state index in [1.165, 1.54) is 32.1 Å². The molecule has 3 heterocycles. The molecule has 0 saturated heterocycles. The molecule has 0 unspecified atom stereocenters. The summed E-state index contributed by atoms with van der Waals surface area (Å²) in [5, 5.41) is 12.0. The number of ether oxygens (including phenoxy) is 1. The van der Waals surface area contributed by atoms with Crippen LogP contribution in [0.1, 0.15) is 37.7 Å². The number of aromatic nitrogens is 4. The van der Waals surface area contributed by atoms with Crippen molar-refractivity contribution in [3.63, 3.8) is 0 Å². The molecule has 0 amide bonds. The number of H-pyrrole nitrogens is 1. The number of benzene rings is 2. The summed E-state index contributed by atoms with van der Waals surface area (Å²) >= 11 is 0. The molecular formula is C26H25N5O2. The number of aryl methyl sites for hydroxylation is 1. The van der Waals surface area contributed by atoms with Gasteiger partial charge in [0.1, 0.15) is 22.4 Å². The van der Waals surface area contributed by atoms with Crippen molar-refractivity contribution in [3.05, 3.63) is 60.3 Å². The maximum Gasteiger partial charge on any atom is 0.227 e. The Morgan fingerprint density at radius 3 is 2.70 bits per heavy atom. The molecule has 0 radical (unpaired) electrons. The third kappa shape index (κ3) is 3.80. The SMILES string of the molecule is Cc1cccc2nc(-c3ccc(Oc4ccnc5[nH]nc(NC6CCCCC6)c45)cc3)oc12. The van der Waals surface area contributed by atoms with E-state index >= 15 is 0 Å². The number of nitrogens with one attached hydrogen (secondary N) is 2. The first kappa shape index (κ1) is 19.8. The fourth-order valence-electron chi connectivity index (χ4n) is 4.55. The smallest absolute Gasteiger partial charge is 0.227 e. The van der Waals surface area contributed by atoms with Crippen LogP contribution in [-0.4, -0.2) is 26.2 Å². The van der Waals surface area contributed by atoms with Crippen molar-refractivity contribution in [1.29, 1.82) is 0 Å². The quantitative estimate of drug-likeness (QED) is 0.320. The van der Waals surface area contributed by atoms with Gasteiger partial charge in [-0.15, -0.1) is 0 Å². The summed E-state index contributed by atoms with van der Waals surface area (Å²) in [6, 6.07) is 16.1. The highest BCUT2D eigenvalue weighted by molar-refractivity contribution is 5.93. The van der Waals surface area contributed by atoms with Gasteiger partial charge in [-0.1, -0.05) is 31.4 Å². The number of oxazole rings is 1. The summed E-state index contributed by atoms with van der Waals surface area (Å²) in [6.07, 6.45) is 7.90. The molecule has 3 aromatic heterocycles. The van der Waals surface area contributed by atoms with Gasteiger partial charge in [-0.3, -0.25) is 5.10 Å². The second-order valence-electron chi connectivity index (χ2n) is 8.65. The lowest BCUT2D eigenvalue weighted by molar-refractivity contribution is 0.461. The maximum atomic E-state index is 6.26. The minimum atomic E-state index is 0.442. The largest absolute Gasteiger partial charge is 0.456 e. The highest BCUT2D eigenvalue weighted by Crippen LogP contribution is 2.35. The van der Waals surface area contributed by atoms with Crippen molar-refractivity contribution in [2.75, 3.05) is 5.32 Å². The molecule has 6 rings (SSSR count). The third-order valence-electron chi connectivity index (χ3n) is 6.31. The number of anilines is 1. The summed E-state index contributed by atoms with van der Waals surface area (Å²) < 4.78 is 12.3. The Kier molecular flexibility index (Phi) is 4.94. The van der Waals surface area contributed by atoms with Gasteiger partial charge in [0.25, 0.3) is 0 Å². The van der Waals surface area contributed by atoms with Gasteiger partial charge in [-0.25, -0.2) is 9.97 Å². The van der Waals surface area contributed by atoms with Crippen LogP contribution in [0, 0.1) is 6.92 Å². The van der Waals surface area contributed by atoms with E-state index in [4.69, 9.17) is 9.15 Å². The van der Waals surface area contributed by atoms with Crippen molar-refractivity contribution in [1.82, 2.24) is 20.2 Å². The van der Waals surface area contributed by atoms with E-state index in [9.17, 15) is 0 Å². The van der Waals surface area contributed by atoms with E-state index in [-0.39, 0.29) is 0 Å². The summed E-state index contributed by atoms with van der Waals surface area (Å²) in [7, 11) is 0. The summed E-state index contributed by atoms with van der Waals surface area (Å²) in [5.74, 6) is 2.85. The maximum absolute atomic E-state index is 6.26. The van der Waals surface area contributed by atoms with Crippen LogP contribution in [0.25, 0.3) is 33.6 Å². The number of hydrogen-bond acceptors (Lipinski definition) is 6. The summed E-state index contributed by atoms with van der Waals surface area (Å²) in [6.45, 7) is 2.02. The first-order chi connectivity index (χ1) is 16.2. The number of pyridine rings is 1. The lowest BCUT2D eigenvalue weighted by Gasteiger charge is -2.22. The normalized spacial score (nSPS) is 14.7. The van der Waals surface area contributed by atoms with Crippen LogP contribution < -0.4 is 10.1 Å². The van der Waals surface area contributed by atoms with Gasteiger partial charge in [-0.2, -0.15) is 5.10 Å². The predicted octanol–water partition coefficient (Wildman–Crippen LogP) is 6.61. The lowest BCUT2D eigenvalue weighted by atomic mass is 9.95. The number of nitrogens with zero attached hydrogens (tertiary/aromatic N) is 3. The average Bonchev–Trinajstić information content (AvgIpc) is 3.46. The number of para-hydroxylation sites is 1. The molecule has 7 heteroatoms. The monoisotopic (exact) mass is 439 g/mol. The second kappa shape index (κ2) is 8.24. The predicted molar refractivity (Wildman–Crippen MR) is 129 cm³/mol. The van der Waals surface area contributed by atoms with E-state index in [2.05, 4.69) is 25.5 Å². The zero-order valence-electron chi connectivity index (χ0n) is 18.5. The van der Waals surface area contributed by atoms with E-state index < -0.39 is 0 Å². The third-order valence-corrected chi connectivity index (χ3v) is 6.31. The fourth-order valence-corrected chi connectivity index (χ4v) is 4.55. The van der Waals surface area contributed by atoms with Gasteiger partial charge in [0.05, 0.1) is 0 Å². The van der Waals surface area contributed by atoms with Crippen molar-refractivity contribution < 1.29 is 9.15 Å². The van der Waals surface area contributed by atoms with Crippen LogP contribution in [0.15, 0.2) is 59.1 Å². The van der Waals surface area contributed by atoms with Gasteiger partial charge >= 0.3 is 0 Å². The first-order valence-corrected chi connectivity index (χ1v) is 11.5. The molecule has 1 saturated carbocycles. The molecule has 33 heavy (non-hydrogen) atoms. The van der Waals surface area contributed by atoms with Gasteiger partial charge in [0.15, 0.2) is 17.0 Å². The molecule has 166 valence electrons. The van der Waals surface area contributed by atoms with Crippen molar-refractivity contribution in [2.45, 2.75) is 45.1 Å². The van der Waals surface area contributed by atoms with Crippen LogP contribution >= 0.6 is 0 Å². The van der Waals surface area contributed by atoms with Crippen molar-refractivity contribution in [2.24, 2.45) is 0 Å². The van der Waals surface area contributed by atoms with Crippen LogP contribution in [0.2, 0.25) is 0 Å². The Hall–Kier alpha value is -3.87. The van der Waals surface area contributed by atoms with E-state index in [1.807, 2.05) is 55.5 Å². The molecule has 0 atom stereocenters. The highest BCUT2D eigenvalue weighted by atomic mass is 16.5. The molecule has 0 bridgehead atoms. The molecule has 7 nitrogen and oxygen atoms in total. The van der Waals surface area contributed by atoms with Crippen LogP contribution in [-0.2, 0) is 0 Å². The second-order valence-corrected chi connectivity index (χ2v) is 8.65. The van der Waals surface area contributed by atoms with Crippen molar-refractivity contribution in [3.8, 4) is 23.0 Å². The standard InChI is InChI=1S/C26H25N5O2/c1-16-6-5-9-20-23(16)33-26(29-20)17-10-12-19(13-11-17)32-21-14-15-27-24-22(21)25(31-30-24)28-18-7-3-2-4-8-18/h5-6,9-15,18H,2-4,7-8H2,1H3,(H2,27,28,30,31). The molecule has 1 aliphatic carbocycles. The molecular weight excluding hydrogens is 414 g/mol. The Morgan fingerprint density at radius 1 is 1.03 bits per heavy atom. The molecule has 0 aliphatic heterocycles. The highest BCUT2D eigenvalue weighted by Gasteiger charge is 2.19. The number of rotatable bonds is 5. The molecule has 5 aromatic rings. The zero-order valence-corrected chi connectivity index (χ0v) is 18.5. The molecule has 2 aromatic carbocycles. The van der Waals surface area contributed by atoms with Gasteiger partial charge < -0.3 is 14.5 Å². The van der Waals surface area contributed by atoms with Gasteiger partial charge in [0, 0.05) is 23.9 Å². The lowest BCUT2D eigenvalue weighted by Crippen LogP contribution is -2.22.